The summed E-state index contributed by atoms with van der Waals surface area (Å²) < 4.78 is 41.8. The molecule has 22 rings (SSSR count). The molecule has 0 saturated heterocycles. The molecular formula is C108H75Br7O8S2. The van der Waals surface area contributed by atoms with Crippen LogP contribution in [-0.2, 0) is 21.4 Å². The molecule has 3 atom stereocenters. The smallest absolute Gasteiger partial charge is 0.394 e. The molecule has 0 amide bonds. The van der Waals surface area contributed by atoms with E-state index in [1.807, 2.05) is 181 Å². The molecule has 8 nitrogen and oxygen atoms in total. The highest BCUT2D eigenvalue weighted by molar-refractivity contribution is 9.11. The van der Waals surface area contributed by atoms with Gasteiger partial charge in [-0.3, -0.25) is 13.9 Å². The molecule has 0 fully saturated rings. The van der Waals surface area contributed by atoms with Crippen LogP contribution in [0.4, 0.5) is 0 Å². The van der Waals surface area contributed by atoms with E-state index in [1.165, 1.54) is 95.9 Å². The molecule has 3 unspecified atom stereocenters. The minimum atomic E-state index is -4.67. The van der Waals surface area contributed by atoms with Gasteiger partial charge in [-0.2, -0.15) is 8.42 Å². The van der Waals surface area contributed by atoms with Crippen molar-refractivity contribution < 1.29 is 37.3 Å². The average Bonchev–Trinajstić information content (AvgIpc) is 1.56. The van der Waals surface area contributed by atoms with E-state index in [1.54, 1.807) is 12.1 Å². The Hall–Kier alpha value is -10.7. The predicted octanol–water partition coefficient (Wildman–Crippen LogP) is 31.9. The van der Waals surface area contributed by atoms with Crippen LogP contribution in [0.2, 0.25) is 0 Å². The monoisotopic (exact) mass is 2120 g/mol. The third kappa shape index (κ3) is 19.1. The van der Waals surface area contributed by atoms with E-state index in [9.17, 15) is 14.7 Å². The van der Waals surface area contributed by atoms with Crippen LogP contribution in [0.15, 0.2) is 438 Å². The van der Waals surface area contributed by atoms with Crippen molar-refractivity contribution in [2.24, 2.45) is 0 Å². The maximum absolute atomic E-state index is 12.0. The van der Waals surface area contributed by atoms with Crippen molar-refractivity contribution in [1.29, 1.82) is 0 Å². The second kappa shape index (κ2) is 39.9. The van der Waals surface area contributed by atoms with Gasteiger partial charge in [-0.05, 0) is 151 Å². The van der Waals surface area contributed by atoms with Crippen LogP contribution in [0.3, 0.4) is 0 Å². The molecule has 4 aliphatic carbocycles. The summed E-state index contributed by atoms with van der Waals surface area (Å²) in [6.07, 6.45) is 0. The van der Waals surface area contributed by atoms with Crippen molar-refractivity contribution in [3.8, 4) is 66.8 Å². The van der Waals surface area contributed by atoms with Crippen LogP contribution in [0, 0.1) is 0 Å². The number of ketones is 1. The molecule has 1 aromatic heterocycles. The van der Waals surface area contributed by atoms with Crippen molar-refractivity contribution >= 4 is 165 Å². The molecule has 0 radical (unpaired) electrons. The van der Waals surface area contributed by atoms with Crippen molar-refractivity contribution in [1.82, 2.24) is 0 Å². The summed E-state index contributed by atoms with van der Waals surface area (Å²) in [4.78, 5) is 23.1. The highest BCUT2D eigenvalue weighted by atomic mass is 79.9. The molecule has 4 N–H and O–H groups in total. The molecule has 17 aromatic carbocycles. The number of aromatic carboxylic acids is 1. The second-order valence-corrected chi connectivity index (χ2v) is 37.4. The molecule has 1 heterocycles. The Morgan fingerprint density at radius 2 is 0.640 bits per heavy atom. The fraction of sp³-hybridized carbons (Fsp3) is 0.0370. The summed E-state index contributed by atoms with van der Waals surface area (Å²) in [6, 6.07) is 138. The highest BCUT2D eigenvalue weighted by Gasteiger charge is 2.44. The van der Waals surface area contributed by atoms with E-state index in [-0.39, 0.29) is 11.2 Å². The fourth-order valence-electron chi connectivity index (χ4n) is 16.7. The van der Waals surface area contributed by atoms with Gasteiger partial charge in [-0.25, -0.2) is 4.79 Å². The van der Waals surface area contributed by atoms with Crippen molar-refractivity contribution in [2.45, 2.75) is 23.9 Å². The summed E-state index contributed by atoms with van der Waals surface area (Å²) in [5.41, 5.74) is 25.4. The zero-order chi connectivity index (χ0) is 87.5. The number of thiophene rings is 1. The van der Waals surface area contributed by atoms with Gasteiger partial charge in [0.05, 0.1) is 5.56 Å². The summed E-state index contributed by atoms with van der Waals surface area (Å²) in [7, 11) is -4.67. The first-order chi connectivity index (χ1) is 60.5. The van der Waals surface area contributed by atoms with Gasteiger partial charge in [0.1, 0.15) is 5.60 Å². The van der Waals surface area contributed by atoms with Crippen molar-refractivity contribution in [3.05, 3.63) is 505 Å². The third-order valence-electron chi connectivity index (χ3n) is 22.2. The molecule has 616 valence electrons. The Bertz CT molecular complexity index is 6890. The number of carbonyl (C=O) groups is 2. The average molecular weight is 2120 g/mol. The van der Waals surface area contributed by atoms with Gasteiger partial charge in [-0.1, -0.05) is 457 Å². The Labute approximate surface area is 789 Å². The first kappa shape index (κ1) is 89.1. The Morgan fingerprint density at radius 1 is 0.304 bits per heavy atom. The molecule has 0 bridgehead atoms. The Morgan fingerprint density at radius 3 is 1.18 bits per heavy atom. The molecular weight excluding hydrogens is 2050 g/mol. The van der Waals surface area contributed by atoms with Gasteiger partial charge >= 0.3 is 16.4 Å². The number of aliphatic hydroxyl groups is 1. The van der Waals surface area contributed by atoms with Gasteiger partial charge < -0.3 is 10.2 Å². The molecule has 0 aliphatic heterocycles. The molecule has 17 heteroatoms. The molecule has 0 spiro atoms. The number of carbonyl (C=O) groups excluding carboxylic acids is 1. The minimum absolute atomic E-state index is 0.0863. The molecule has 0 saturated carbocycles. The maximum Gasteiger partial charge on any atom is 0.394 e. The lowest BCUT2D eigenvalue weighted by atomic mass is 9.74. The lowest BCUT2D eigenvalue weighted by Gasteiger charge is -2.28. The third-order valence-corrected chi connectivity index (χ3v) is 28.1. The van der Waals surface area contributed by atoms with E-state index in [0.717, 1.165) is 83.6 Å². The van der Waals surface area contributed by atoms with E-state index in [4.69, 9.17) is 22.6 Å². The summed E-state index contributed by atoms with van der Waals surface area (Å²) in [5, 5.41) is 23.4. The van der Waals surface area contributed by atoms with Gasteiger partial charge in [0.15, 0.2) is 5.78 Å². The summed E-state index contributed by atoms with van der Waals surface area (Å²) in [5.74, 6) is -0.437. The van der Waals surface area contributed by atoms with Gasteiger partial charge in [0, 0.05) is 107 Å². The lowest BCUT2D eigenvalue weighted by molar-refractivity contribution is 0.0697. The van der Waals surface area contributed by atoms with Crippen LogP contribution >= 0.6 is 123 Å². The van der Waals surface area contributed by atoms with Crippen molar-refractivity contribution in [2.75, 3.05) is 0 Å². The zero-order valence-electron chi connectivity index (χ0n) is 66.6. The van der Waals surface area contributed by atoms with Gasteiger partial charge in [0.25, 0.3) is 0 Å². The number of carboxylic acid groups (broad SMARTS) is 1. The Balaban J connectivity index is 0.000000112. The van der Waals surface area contributed by atoms with Crippen molar-refractivity contribution in [3.63, 3.8) is 0 Å². The predicted molar refractivity (Wildman–Crippen MR) is 537 cm³/mol. The van der Waals surface area contributed by atoms with Crippen LogP contribution in [0.5, 0.6) is 0 Å². The standard InChI is InChI=1S/C20H15Br.C19H13BrO.C19H13Br.C13H9BrO2.C13H7BrO.C12H8Br2.C12H8S.H2O4S/c1-20(14-8-3-2-4-9-14)16-11-6-5-10-15(16)19-17(20)12-7-13-18(19)21;20-17-12-6-11-16-18(17)14-9-4-5-10-15(14)19(16,21)13-7-2-1-3-8-13;20-17-12-6-11-16-18(13-7-2-1-3-8-13)14-9-4-5-10-15(14)19(16)17;14-12-8-4-3-6-10(12)9-5-1-2-7-11(9)13(15)16;14-11-7-3-6-10-12(11)8-4-1-2-5-9(8)13(10)15;13-11-7-3-1-5-9(11)10-6-2-4-8-12(10)14;1-3-7-11-9(5-1)10-6-2-4-8-12(10)13-11;1-5(2,3)4/h2-13H,1H3;1-12,21H;1-12,18H;1-8H,(H,15,16);1-7H;1-8H;1-8H;(H2,1,2,3,4). The van der Waals surface area contributed by atoms with E-state index >= 15 is 0 Å². The largest absolute Gasteiger partial charge is 0.478 e. The number of benzene rings is 17. The maximum atomic E-state index is 12.0. The van der Waals surface area contributed by atoms with Gasteiger partial charge in [0.2, 0.25) is 0 Å². The van der Waals surface area contributed by atoms with E-state index in [2.05, 4.69) is 343 Å². The van der Waals surface area contributed by atoms with Crippen LogP contribution < -0.4 is 0 Å². The van der Waals surface area contributed by atoms with Gasteiger partial charge in [-0.15, -0.1) is 11.3 Å². The lowest BCUT2D eigenvalue weighted by Crippen LogP contribution is -2.25. The fourth-order valence-corrected chi connectivity index (χ4v) is 21.6. The summed E-state index contributed by atoms with van der Waals surface area (Å²) >= 11 is 27.0. The summed E-state index contributed by atoms with van der Waals surface area (Å²) in [6.45, 7) is 2.33. The number of rotatable bonds is 6. The second-order valence-electron chi connectivity index (χ2n) is 29.5. The zero-order valence-corrected chi connectivity index (χ0v) is 79.4. The van der Waals surface area contributed by atoms with Crippen LogP contribution in [0.1, 0.15) is 89.2 Å². The number of carboxylic acids is 1. The molecule has 125 heavy (non-hydrogen) atoms. The number of hydrogen-bond donors (Lipinski definition) is 4. The number of hydrogen-bond acceptors (Lipinski definition) is 6. The number of halogens is 7. The van der Waals surface area contributed by atoms with E-state index < -0.39 is 22.0 Å². The molecule has 18 aromatic rings. The van der Waals surface area contributed by atoms with Crippen LogP contribution in [-0.4, -0.2) is 39.5 Å². The topological polar surface area (TPSA) is 149 Å². The van der Waals surface area contributed by atoms with E-state index in [0.29, 0.717) is 11.5 Å². The SMILES string of the molecule is Brc1cccc2c1-c1ccccc1C2c1ccccc1.Brc1ccccc1-c1ccccc1Br.CC1(c2ccccc2)c2ccccc2-c2c(Br)cccc21.O=C(O)c1ccccc1-c1ccccc1Br.O=C1c2ccccc2-c2c(Br)cccc21.O=S(=O)(O)O.OC1(c2ccccc2)c2ccccc2-c2c(Br)cccc21.c1ccc2c(c1)sc1ccccc12. The first-order valence-corrected chi connectivity index (χ1v) is 47.4. The highest BCUT2D eigenvalue weighted by Crippen LogP contribution is 2.56. The van der Waals surface area contributed by atoms with Crippen LogP contribution in [0.25, 0.3) is 86.9 Å². The Kier molecular flexibility index (Phi) is 28.4. The quantitative estimate of drug-likeness (QED) is 0.120. The first-order valence-electron chi connectivity index (χ1n) is 39.6. The molecule has 4 aliphatic rings. The normalized spacial score (nSPS) is 14.5. The number of fused-ring (bicyclic) bond motifs is 15. The minimum Gasteiger partial charge on any atom is -0.478 e.